The molecule has 5 heteroatoms. The summed E-state index contributed by atoms with van der Waals surface area (Å²) in [6, 6.07) is 3.56. The molecular formula is C14H19ClN2O2. The standard InChI is InChI=1S/C14H19ClN2O2/c1-9-6-11(12(19-3)7-10(9)15)17-13(18)14(2)4-5-16-8-14/h6-7,16H,4-5,8H2,1-3H3,(H,17,18). The summed E-state index contributed by atoms with van der Waals surface area (Å²) in [6.07, 6.45) is 0.841. The van der Waals surface area contributed by atoms with Gasteiger partial charge in [-0.2, -0.15) is 0 Å². The molecule has 0 aliphatic carbocycles. The molecule has 1 aliphatic rings. The Morgan fingerprint density at radius 3 is 2.84 bits per heavy atom. The second-order valence-corrected chi connectivity index (χ2v) is 5.65. The molecule has 19 heavy (non-hydrogen) atoms. The Bertz CT molecular complexity index is 496. The molecule has 0 radical (unpaired) electrons. The van der Waals surface area contributed by atoms with Crippen molar-refractivity contribution in [3.05, 3.63) is 22.7 Å². The number of nitrogens with one attached hydrogen (secondary N) is 2. The van der Waals surface area contributed by atoms with Crippen molar-refractivity contribution in [1.82, 2.24) is 5.32 Å². The zero-order valence-electron chi connectivity index (χ0n) is 11.5. The summed E-state index contributed by atoms with van der Waals surface area (Å²) in [4.78, 5) is 12.4. The Kier molecular flexibility index (Phi) is 4.02. The first-order valence-electron chi connectivity index (χ1n) is 6.32. The van der Waals surface area contributed by atoms with E-state index >= 15 is 0 Å². The SMILES string of the molecule is COc1cc(Cl)c(C)cc1NC(=O)C1(C)CCNC1. The van der Waals surface area contributed by atoms with Crippen molar-refractivity contribution < 1.29 is 9.53 Å². The number of ether oxygens (including phenoxy) is 1. The number of hydrogen-bond donors (Lipinski definition) is 2. The van der Waals surface area contributed by atoms with E-state index in [1.807, 2.05) is 19.9 Å². The topological polar surface area (TPSA) is 50.4 Å². The maximum atomic E-state index is 12.4. The predicted molar refractivity (Wildman–Crippen MR) is 77.0 cm³/mol. The maximum Gasteiger partial charge on any atom is 0.231 e. The minimum absolute atomic E-state index is 0.0116. The zero-order valence-corrected chi connectivity index (χ0v) is 12.2. The van der Waals surface area contributed by atoms with Crippen molar-refractivity contribution in [2.75, 3.05) is 25.5 Å². The Morgan fingerprint density at radius 1 is 1.53 bits per heavy atom. The summed E-state index contributed by atoms with van der Waals surface area (Å²) in [5, 5.41) is 6.79. The number of methoxy groups -OCH3 is 1. The molecule has 1 amide bonds. The van der Waals surface area contributed by atoms with Gasteiger partial charge in [-0.3, -0.25) is 4.79 Å². The van der Waals surface area contributed by atoms with Gasteiger partial charge in [0.25, 0.3) is 0 Å². The summed E-state index contributed by atoms with van der Waals surface area (Å²) in [5.74, 6) is 0.594. The van der Waals surface area contributed by atoms with E-state index in [2.05, 4.69) is 10.6 Å². The number of aryl methyl sites for hydroxylation is 1. The molecule has 0 bridgehead atoms. The minimum Gasteiger partial charge on any atom is -0.495 e. The van der Waals surface area contributed by atoms with Gasteiger partial charge in [0.15, 0.2) is 0 Å². The lowest BCUT2D eigenvalue weighted by molar-refractivity contribution is -0.123. The number of amides is 1. The summed E-state index contributed by atoms with van der Waals surface area (Å²) < 4.78 is 5.26. The lowest BCUT2D eigenvalue weighted by Gasteiger charge is -2.22. The highest BCUT2D eigenvalue weighted by molar-refractivity contribution is 6.31. The Hall–Kier alpha value is -1.26. The van der Waals surface area contributed by atoms with E-state index in [0.29, 0.717) is 23.0 Å². The monoisotopic (exact) mass is 282 g/mol. The van der Waals surface area contributed by atoms with Crippen LogP contribution in [0.5, 0.6) is 5.75 Å². The third-order valence-corrected chi connectivity index (χ3v) is 4.05. The second-order valence-electron chi connectivity index (χ2n) is 5.24. The maximum absolute atomic E-state index is 12.4. The molecule has 0 aromatic heterocycles. The van der Waals surface area contributed by atoms with Gasteiger partial charge in [-0.25, -0.2) is 0 Å². The van der Waals surface area contributed by atoms with Crippen LogP contribution in [0, 0.1) is 12.3 Å². The van der Waals surface area contributed by atoms with E-state index in [1.54, 1.807) is 13.2 Å². The van der Waals surface area contributed by atoms with Crippen molar-refractivity contribution in [3.63, 3.8) is 0 Å². The van der Waals surface area contributed by atoms with Crippen LogP contribution in [0.15, 0.2) is 12.1 Å². The van der Waals surface area contributed by atoms with Crippen LogP contribution in [-0.2, 0) is 4.79 Å². The highest BCUT2D eigenvalue weighted by Gasteiger charge is 2.36. The van der Waals surface area contributed by atoms with Crippen LogP contribution in [0.2, 0.25) is 5.02 Å². The van der Waals surface area contributed by atoms with Crippen molar-refractivity contribution in [2.45, 2.75) is 20.3 Å². The molecule has 1 aliphatic heterocycles. The van der Waals surface area contributed by atoms with Gasteiger partial charge >= 0.3 is 0 Å². The fourth-order valence-corrected chi connectivity index (χ4v) is 2.37. The van der Waals surface area contributed by atoms with Crippen molar-refractivity contribution >= 4 is 23.2 Å². The number of halogens is 1. The molecule has 1 saturated heterocycles. The van der Waals surface area contributed by atoms with Gasteiger partial charge in [-0.05, 0) is 38.4 Å². The average molecular weight is 283 g/mol. The van der Waals surface area contributed by atoms with E-state index in [1.165, 1.54) is 0 Å². The molecule has 1 unspecified atom stereocenters. The van der Waals surface area contributed by atoms with Gasteiger partial charge in [-0.1, -0.05) is 11.6 Å². The summed E-state index contributed by atoms with van der Waals surface area (Å²) in [6.45, 7) is 5.45. The normalized spacial score (nSPS) is 22.3. The Labute approximate surface area is 118 Å². The fraction of sp³-hybridized carbons (Fsp3) is 0.500. The van der Waals surface area contributed by atoms with Gasteiger partial charge in [-0.15, -0.1) is 0 Å². The van der Waals surface area contributed by atoms with Crippen LogP contribution in [0.1, 0.15) is 18.9 Å². The number of benzene rings is 1. The van der Waals surface area contributed by atoms with E-state index in [-0.39, 0.29) is 11.3 Å². The molecule has 4 nitrogen and oxygen atoms in total. The zero-order chi connectivity index (χ0) is 14.0. The predicted octanol–water partition coefficient (Wildman–Crippen LogP) is 2.60. The first-order chi connectivity index (χ1) is 8.96. The molecule has 1 atom stereocenters. The summed E-state index contributed by atoms with van der Waals surface area (Å²) in [7, 11) is 1.56. The first kappa shape index (κ1) is 14.2. The molecule has 1 aromatic rings. The highest BCUT2D eigenvalue weighted by Crippen LogP contribution is 2.33. The molecule has 2 rings (SSSR count). The van der Waals surface area contributed by atoms with Crippen LogP contribution in [0.3, 0.4) is 0 Å². The second kappa shape index (κ2) is 5.39. The molecule has 1 aromatic carbocycles. The van der Waals surface area contributed by atoms with Gasteiger partial charge < -0.3 is 15.4 Å². The molecular weight excluding hydrogens is 264 g/mol. The quantitative estimate of drug-likeness (QED) is 0.896. The third-order valence-electron chi connectivity index (χ3n) is 3.65. The number of carbonyl (C=O) groups is 1. The molecule has 1 heterocycles. The first-order valence-corrected chi connectivity index (χ1v) is 6.70. The van der Waals surface area contributed by atoms with Crippen LogP contribution in [-0.4, -0.2) is 26.1 Å². The molecule has 104 valence electrons. The van der Waals surface area contributed by atoms with Crippen molar-refractivity contribution in [2.24, 2.45) is 5.41 Å². The van der Waals surface area contributed by atoms with Gasteiger partial charge in [0.2, 0.25) is 5.91 Å². The lowest BCUT2D eigenvalue weighted by atomic mass is 9.88. The molecule has 2 N–H and O–H groups in total. The van der Waals surface area contributed by atoms with E-state index in [0.717, 1.165) is 18.5 Å². The Morgan fingerprint density at radius 2 is 2.26 bits per heavy atom. The summed E-state index contributed by atoms with van der Waals surface area (Å²) in [5.41, 5.74) is 1.22. The van der Waals surface area contributed by atoms with E-state index in [4.69, 9.17) is 16.3 Å². The van der Waals surface area contributed by atoms with Crippen LogP contribution < -0.4 is 15.4 Å². The van der Waals surface area contributed by atoms with Crippen LogP contribution >= 0.6 is 11.6 Å². The number of rotatable bonds is 3. The number of carbonyl (C=O) groups excluding carboxylic acids is 1. The molecule has 0 spiro atoms. The number of hydrogen-bond acceptors (Lipinski definition) is 3. The molecule has 0 saturated carbocycles. The van der Waals surface area contributed by atoms with Crippen LogP contribution in [0.25, 0.3) is 0 Å². The average Bonchev–Trinajstić information content (AvgIpc) is 2.82. The Balaban J connectivity index is 2.23. The van der Waals surface area contributed by atoms with Crippen molar-refractivity contribution in [1.29, 1.82) is 0 Å². The number of anilines is 1. The van der Waals surface area contributed by atoms with E-state index < -0.39 is 0 Å². The third kappa shape index (κ3) is 2.85. The molecule has 1 fully saturated rings. The highest BCUT2D eigenvalue weighted by atomic mass is 35.5. The van der Waals surface area contributed by atoms with Gasteiger partial charge in [0, 0.05) is 17.6 Å². The fourth-order valence-electron chi connectivity index (χ4n) is 2.21. The van der Waals surface area contributed by atoms with Gasteiger partial charge in [0.1, 0.15) is 5.75 Å². The smallest absolute Gasteiger partial charge is 0.231 e. The van der Waals surface area contributed by atoms with Crippen molar-refractivity contribution in [3.8, 4) is 5.75 Å². The van der Waals surface area contributed by atoms with Gasteiger partial charge in [0.05, 0.1) is 18.2 Å². The summed E-state index contributed by atoms with van der Waals surface area (Å²) >= 11 is 6.05. The van der Waals surface area contributed by atoms with E-state index in [9.17, 15) is 4.79 Å². The minimum atomic E-state index is -0.363. The van der Waals surface area contributed by atoms with Crippen LogP contribution in [0.4, 0.5) is 5.69 Å². The lowest BCUT2D eigenvalue weighted by Crippen LogP contribution is -2.35. The largest absolute Gasteiger partial charge is 0.495 e.